The van der Waals surface area contributed by atoms with Crippen molar-refractivity contribution in [3.05, 3.63) is 14.0 Å². The van der Waals surface area contributed by atoms with Crippen LogP contribution >= 0.6 is 0 Å². The predicted molar refractivity (Wildman–Crippen MR) is 42.0 cm³/mol. The van der Waals surface area contributed by atoms with Gasteiger partial charge in [0.1, 0.15) is 0 Å². The normalized spacial score (nSPS) is 21.3. The fourth-order valence-electron chi connectivity index (χ4n) is 0.848. The molecular formula is C8H13NO2Y-2. The maximum atomic E-state index is 10.8. The molecule has 1 radical (unpaired) electrons. The summed E-state index contributed by atoms with van der Waals surface area (Å²) in [5.74, 6) is -0.498. The smallest absolute Gasteiger partial charge is 0.202 e. The zero-order valence-corrected chi connectivity index (χ0v) is 10.4. The van der Waals surface area contributed by atoms with E-state index in [0.717, 1.165) is 4.90 Å². The van der Waals surface area contributed by atoms with Crippen LogP contribution in [0, 0.1) is 19.9 Å². The van der Waals surface area contributed by atoms with E-state index in [4.69, 9.17) is 0 Å². The van der Waals surface area contributed by atoms with Gasteiger partial charge >= 0.3 is 0 Å². The molecule has 1 atom stereocenters. The van der Waals surface area contributed by atoms with Crippen LogP contribution in [0.5, 0.6) is 0 Å². The number of nitrogens with zero attached hydrogens (tertiary/aromatic N) is 1. The maximum absolute atomic E-state index is 10.8. The minimum absolute atomic E-state index is 0. The molecule has 0 aromatic carbocycles. The summed E-state index contributed by atoms with van der Waals surface area (Å²) in [4.78, 5) is 22.3. The Labute approximate surface area is 98.8 Å². The number of amides is 2. The fraction of sp³-hybridized carbons (Fsp3) is 0.500. The first kappa shape index (κ1) is 14.8. The number of imide groups is 1. The summed E-state index contributed by atoms with van der Waals surface area (Å²) in [6.45, 7) is 6.73. The Morgan fingerprint density at radius 1 is 1.42 bits per heavy atom. The van der Waals surface area contributed by atoms with Gasteiger partial charge in [0.25, 0.3) is 0 Å². The number of rotatable bonds is 0. The van der Waals surface area contributed by atoms with Crippen LogP contribution in [0.25, 0.3) is 0 Å². The van der Waals surface area contributed by atoms with E-state index in [1.165, 1.54) is 0 Å². The van der Waals surface area contributed by atoms with Crippen LogP contribution in [0.2, 0.25) is 0 Å². The predicted octanol–water partition coefficient (Wildman–Crippen LogP) is 1.01. The van der Waals surface area contributed by atoms with E-state index in [-0.39, 0.29) is 50.4 Å². The van der Waals surface area contributed by atoms with Crippen LogP contribution in [0.15, 0.2) is 0 Å². The van der Waals surface area contributed by atoms with Gasteiger partial charge in [0.15, 0.2) is 5.91 Å². The van der Waals surface area contributed by atoms with Gasteiger partial charge in [-0.25, -0.2) is 7.05 Å². The summed E-state index contributed by atoms with van der Waals surface area (Å²) >= 11 is 0. The SMILES string of the molecule is [CH2-]C.[CH2-]N1C(=O)CC(C)C1=O.[Y]. The molecule has 1 aliphatic heterocycles. The Morgan fingerprint density at radius 2 is 1.83 bits per heavy atom. The minimum Gasteiger partial charge on any atom is -0.438 e. The Bertz CT molecular complexity index is 170. The van der Waals surface area contributed by atoms with Gasteiger partial charge in [-0.1, -0.05) is 6.92 Å². The Morgan fingerprint density at radius 3 is 1.92 bits per heavy atom. The largest absolute Gasteiger partial charge is 0.438 e. The van der Waals surface area contributed by atoms with Gasteiger partial charge in [-0.3, -0.25) is 9.59 Å². The third-order valence-electron chi connectivity index (χ3n) is 1.47. The number of hydrogen-bond donors (Lipinski definition) is 0. The van der Waals surface area contributed by atoms with E-state index in [9.17, 15) is 9.59 Å². The van der Waals surface area contributed by atoms with Crippen molar-refractivity contribution in [2.75, 3.05) is 0 Å². The van der Waals surface area contributed by atoms with Gasteiger partial charge < -0.3 is 11.8 Å². The second kappa shape index (κ2) is 6.73. The maximum Gasteiger partial charge on any atom is 0.202 e. The van der Waals surface area contributed by atoms with Gasteiger partial charge in [-0.05, 0) is 0 Å². The first-order valence-electron chi connectivity index (χ1n) is 3.51. The molecule has 4 heteroatoms. The van der Waals surface area contributed by atoms with E-state index < -0.39 is 0 Å². The van der Waals surface area contributed by atoms with Crippen molar-refractivity contribution in [2.45, 2.75) is 20.3 Å². The molecule has 1 aliphatic rings. The second-order valence-corrected chi connectivity index (χ2v) is 2.27. The van der Waals surface area contributed by atoms with Crippen molar-refractivity contribution in [2.24, 2.45) is 5.92 Å². The van der Waals surface area contributed by atoms with Crippen molar-refractivity contribution in [1.29, 1.82) is 0 Å². The molecule has 1 saturated heterocycles. The molecule has 0 N–H and O–H groups in total. The molecule has 0 bridgehead atoms. The number of likely N-dealkylation sites (tertiary alicyclic amines) is 1. The zero-order chi connectivity index (χ0) is 9.02. The zero-order valence-electron chi connectivity index (χ0n) is 7.54. The van der Waals surface area contributed by atoms with E-state index in [1.54, 1.807) is 13.8 Å². The molecule has 0 spiro atoms. The summed E-state index contributed by atoms with van der Waals surface area (Å²) in [6.07, 6.45) is 0.322. The van der Waals surface area contributed by atoms with Crippen LogP contribution in [0.1, 0.15) is 20.3 Å². The van der Waals surface area contributed by atoms with Crippen LogP contribution in [0.4, 0.5) is 0 Å². The molecule has 1 fully saturated rings. The van der Waals surface area contributed by atoms with Crippen molar-refractivity contribution in [1.82, 2.24) is 4.90 Å². The quantitative estimate of drug-likeness (QED) is 0.471. The molecule has 0 aromatic heterocycles. The first-order valence-corrected chi connectivity index (χ1v) is 3.51. The van der Waals surface area contributed by atoms with E-state index in [1.807, 2.05) is 0 Å². The Hall–Kier alpha value is 0.244. The van der Waals surface area contributed by atoms with Crippen LogP contribution < -0.4 is 0 Å². The molecule has 1 heterocycles. The van der Waals surface area contributed by atoms with Crippen molar-refractivity contribution in [3.8, 4) is 0 Å². The average Bonchev–Trinajstić information content (AvgIpc) is 2.22. The third-order valence-corrected chi connectivity index (χ3v) is 1.47. The number of carbonyl (C=O) groups excluding carboxylic acids is 2. The van der Waals surface area contributed by atoms with Crippen molar-refractivity contribution in [3.63, 3.8) is 0 Å². The Balaban J connectivity index is 0. The van der Waals surface area contributed by atoms with Crippen molar-refractivity contribution >= 4 is 11.8 Å². The average molecular weight is 244 g/mol. The molecular weight excluding hydrogens is 231 g/mol. The minimum atomic E-state index is -0.174. The number of hydrogen-bond acceptors (Lipinski definition) is 2. The topological polar surface area (TPSA) is 37.4 Å². The third kappa shape index (κ3) is 3.32. The summed E-state index contributed by atoms with van der Waals surface area (Å²) in [5, 5.41) is 0. The van der Waals surface area contributed by atoms with Gasteiger partial charge in [0, 0.05) is 45.0 Å². The van der Waals surface area contributed by atoms with Crippen LogP contribution in [-0.4, -0.2) is 16.7 Å². The molecule has 0 saturated carbocycles. The van der Waals surface area contributed by atoms with Gasteiger partial charge in [0.05, 0.1) is 0 Å². The fourth-order valence-corrected chi connectivity index (χ4v) is 0.848. The second-order valence-electron chi connectivity index (χ2n) is 2.27. The van der Waals surface area contributed by atoms with Crippen LogP contribution in [-0.2, 0) is 42.3 Å². The van der Waals surface area contributed by atoms with E-state index in [0.29, 0.717) is 6.42 Å². The molecule has 0 aliphatic carbocycles. The van der Waals surface area contributed by atoms with E-state index >= 15 is 0 Å². The first-order chi connectivity index (χ1) is 5.13. The van der Waals surface area contributed by atoms with Crippen LogP contribution in [0.3, 0.4) is 0 Å². The van der Waals surface area contributed by atoms with Gasteiger partial charge in [-0.2, -0.15) is 6.92 Å². The molecule has 67 valence electrons. The van der Waals surface area contributed by atoms with Gasteiger partial charge in [-0.15, -0.1) is 0 Å². The van der Waals surface area contributed by atoms with Crippen molar-refractivity contribution < 1.29 is 42.3 Å². The monoisotopic (exact) mass is 244 g/mol. The summed E-state index contributed by atoms with van der Waals surface area (Å²) in [7, 11) is 3.28. The molecule has 1 unspecified atom stereocenters. The molecule has 1 rings (SSSR count). The summed E-state index contributed by atoms with van der Waals surface area (Å²) < 4.78 is 0. The molecule has 0 aromatic rings. The Kier molecular flexibility index (Phi) is 8.27. The summed E-state index contributed by atoms with van der Waals surface area (Å²) in [5.41, 5.74) is 0. The van der Waals surface area contributed by atoms with Gasteiger partial charge in [0.2, 0.25) is 5.91 Å². The molecule has 3 nitrogen and oxygen atoms in total. The summed E-state index contributed by atoms with van der Waals surface area (Å²) in [6, 6.07) is 0. The molecule has 2 amide bonds. The number of carbonyl (C=O) groups is 2. The standard InChI is InChI=1S/C6H8NO2.C2H5.Y/c1-4-3-5(8)7(2)6(4)9;1-2;/h4H,2-3H2,1H3;1H2,2H3;/q2*-1;. The van der Waals surface area contributed by atoms with E-state index in [2.05, 4.69) is 14.0 Å². The molecule has 12 heavy (non-hydrogen) atoms.